The number of carboxylic acid groups (broad SMARTS) is 1. The van der Waals surface area contributed by atoms with Gasteiger partial charge in [-0.1, -0.05) is 43.3 Å². The highest BCUT2D eigenvalue weighted by Gasteiger charge is 2.26. The van der Waals surface area contributed by atoms with Crippen LogP contribution in [0.25, 0.3) is 10.8 Å². The molecule has 0 amide bonds. The maximum atomic E-state index is 12.2. The van der Waals surface area contributed by atoms with Crippen LogP contribution in [0.3, 0.4) is 0 Å². The Morgan fingerprint density at radius 1 is 1.15 bits per heavy atom. The molecule has 0 saturated carbocycles. The Hall–Kier alpha value is -2.49. The van der Waals surface area contributed by atoms with Crippen molar-refractivity contribution in [3.8, 4) is 0 Å². The van der Waals surface area contributed by atoms with E-state index in [2.05, 4.69) is 0 Å². The van der Waals surface area contributed by atoms with Crippen molar-refractivity contribution in [1.29, 1.82) is 5.41 Å². The van der Waals surface area contributed by atoms with Crippen LogP contribution < -0.4 is 0 Å². The Morgan fingerprint density at radius 3 is 2.40 bits per heavy atom. The fourth-order valence-electron chi connectivity index (χ4n) is 2.15. The van der Waals surface area contributed by atoms with E-state index in [1.54, 1.807) is 25.1 Å². The molecule has 0 unspecified atom stereocenters. The number of nitrogens with one attached hydrogen (secondary N) is 1. The van der Waals surface area contributed by atoms with Crippen molar-refractivity contribution in [2.24, 2.45) is 5.92 Å². The predicted molar refractivity (Wildman–Crippen MR) is 77.4 cm³/mol. The molecule has 4 nitrogen and oxygen atoms in total. The van der Waals surface area contributed by atoms with Crippen molar-refractivity contribution in [3.63, 3.8) is 0 Å². The minimum atomic E-state index is -1.13. The standard InChI is InChI=1S/C16H15NO3/c1-2-13(16(19)20)14(17)15(18)12-8-7-10-5-3-4-6-11(10)9-12/h3-9,13,17H,2H2,1H3,(H,19,20)/t13-/m0/s1. The molecule has 4 heteroatoms. The third-order valence-electron chi connectivity index (χ3n) is 3.31. The van der Waals surface area contributed by atoms with E-state index in [1.165, 1.54) is 0 Å². The average molecular weight is 269 g/mol. The van der Waals surface area contributed by atoms with Gasteiger partial charge in [-0.25, -0.2) is 0 Å². The van der Waals surface area contributed by atoms with Crippen molar-refractivity contribution in [3.05, 3.63) is 48.0 Å². The van der Waals surface area contributed by atoms with Gasteiger partial charge in [-0.3, -0.25) is 9.59 Å². The minimum Gasteiger partial charge on any atom is -0.481 e. The van der Waals surface area contributed by atoms with Crippen molar-refractivity contribution in [2.75, 3.05) is 0 Å². The van der Waals surface area contributed by atoms with Gasteiger partial charge in [-0.05, 0) is 23.3 Å². The second-order valence-electron chi connectivity index (χ2n) is 4.60. The molecule has 1 atom stereocenters. The second-order valence-corrected chi connectivity index (χ2v) is 4.60. The number of Topliss-reactive ketones (excluding diaryl/α,β-unsaturated/α-hetero) is 1. The lowest BCUT2D eigenvalue weighted by Gasteiger charge is -2.11. The number of carbonyl (C=O) groups is 2. The summed E-state index contributed by atoms with van der Waals surface area (Å²) in [4.78, 5) is 23.2. The number of hydrogen-bond donors (Lipinski definition) is 2. The quantitative estimate of drug-likeness (QED) is 0.646. The molecule has 0 spiro atoms. The van der Waals surface area contributed by atoms with Gasteiger partial charge in [-0.15, -0.1) is 0 Å². The number of aliphatic carboxylic acids is 1. The molecule has 0 aromatic heterocycles. The van der Waals surface area contributed by atoms with E-state index in [9.17, 15) is 9.59 Å². The molecule has 102 valence electrons. The first-order valence-electron chi connectivity index (χ1n) is 6.39. The van der Waals surface area contributed by atoms with Crippen LogP contribution in [-0.4, -0.2) is 22.6 Å². The highest BCUT2D eigenvalue weighted by atomic mass is 16.4. The highest BCUT2D eigenvalue weighted by Crippen LogP contribution is 2.18. The summed E-state index contributed by atoms with van der Waals surface area (Å²) in [6.07, 6.45) is 0.230. The molecular weight excluding hydrogens is 254 g/mol. The van der Waals surface area contributed by atoms with Crippen LogP contribution in [0.2, 0.25) is 0 Å². The van der Waals surface area contributed by atoms with Crippen LogP contribution in [0.1, 0.15) is 23.7 Å². The van der Waals surface area contributed by atoms with Crippen LogP contribution in [0.5, 0.6) is 0 Å². The van der Waals surface area contributed by atoms with Crippen molar-refractivity contribution in [2.45, 2.75) is 13.3 Å². The van der Waals surface area contributed by atoms with Gasteiger partial charge < -0.3 is 10.5 Å². The van der Waals surface area contributed by atoms with Gasteiger partial charge in [0.05, 0.1) is 5.71 Å². The Labute approximate surface area is 116 Å². The van der Waals surface area contributed by atoms with Crippen LogP contribution in [-0.2, 0) is 4.79 Å². The zero-order valence-corrected chi connectivity index (χ0v) is 11.1. The van der Waals surface area contributed by atoms with E-state index in [4.69, 9.17) is 10.5 Å². The Balaban J connectivity index is 2.35. The maximum absolute atomic E-state index is 12.2. The molecule has 0 saturated heterocycles. The summed E-state index contributed by atoms with van der Waals surface area (Å²) >= 11 is 0. The van der Waals surface area contributed by atoms with Gasteiger partial charge in [0.1, 0.15) is 5.92 Å². The van der Waals surface area contributed by atoms with Crippen molar-refractivity contribution in [1.82, 2.24) is 0 Å². The summed E-state index contributed by atoms with van der Waals surface area (Å²) in [5.74, 6) is -2.70. The molecule has 2 aromatic carbocycles. The topological polar surface area (TPSA) is 78.2 Å². The molecule has 2 rings (SSSR count). The van der Waals surface area contributed by atoms with Gasteiger partial charge in [0.15, 0.2) is 0 Å². The normalized spacial score (nSPS) is 12.1. The van der Waals surface area contributed by atoms with Gasteiger partial charge in [0.25, 0.3) is 0 Å². The van der Waals surface area contributed by atoms with Crippen molar-refractivity contribution >= 4 is 28.2 Å². The molecule has 0 aliphatic heterocycles. The predicted octanol–water partition coefficient (Wildman–Crippen LogP) is 3.15. The first kappa shape index (κ1) is 13.9. The van der Waals surface area contributed by atoms with E-state index in [0.717, 1.165) is 10.8 Å². The van der Waals surface area contributed by atoms with Crippen molar-refractivity contribution < 1.29 is 14.7 Å². The third-order valence-corrected chi connectivity index (χ3v) is 3.31. The highest BCUT2D eigenvalue weighted by molar-refractivity contribution is 6.48. The molecule has 0 bridgehead atoms. The SMILES string of the molecule is CC[C@@H](C(=N)C(=O)c1ccc2ccccc2c1)C(=O)O. The number of carboxylic acids is 1. The second kappa shape index (κ2) is 5.65. The first-order valence-corrected chi connectivity index (χ1v) is 6.39. The average Bonchev–Trinajstić information content (AvgIpc) is 2.46. The number of hydrogen-bond acceptors (Lipinski definition) is 3. The summed E-state index contributed by atoms with van der Waals surface area (Å²) in [7, 11) is 0. The Morgan fingerprint density at radius 2 is 1.80 bits per heavy atom. The number of fused-ring (bicyclic) bond motifs is 1. The molecule has 2 aromatic rings. The maximum Gasteiger partial charge on any atom is 0.312 e. The molecule has 0 radical (unpaired) electrons. The Bertz CT molecular complexity index is 691. The lowest BCUT2D eigenvalue weighted by atomic mass is 9.93. The fraction of sp³-hybridized carbons (Fsp3) is 0.188. The summed E-state index contributed by atoms with van der Waals surface area (Å²) in [6, 6.07) is 12.7. The smallest absolute Gasteiger partial charge is 0.312 e. The van der Waals surface area contributed by atoms with E-state index in [1.807, 2.05) is 24.3 Å². The summed E-state index contributed by atoms with van der Waals surface area (Å²) in [5, 5.41) is 18.7. The molecular formula is C16H15NO3. The van der Waals surface area contributed by atoms with E-state index >= 15 is 0 Å². The minimum absolute atomic E-state index is 0.230. The monoisotopic (exact) mass is 269 g/mol. The molecule has 0 heterocycles. The molecule has 0 fully saturated rings. The number of benzene rings is 2. The van der Waals surface area contributed by atoms with Crippen LogP contribution >= 0.6 is 0 Å². The van der Waals surface area contributed by atoms with Gasteiger partial charge >= 0.3 is 5.97 Å². The zero-order valence-electron chi connectivity index (χ0n) is 11.1. The molecule has 0 aliphatic carbocycles. The summed E-state index contributed by atoms with van der Waals surface area (Å²) in [5.41, 5.74) is -0.0105. The van der Waals surface area contributed by atoms with E-state index < -0.39 is 17.7 Å². The zero-order chi connectivity index (χ0) is 14.7. The molecule has 2 N–H and O–H groups in total. The Kier molecular flexibility index (Phi) is 3.94. The van der Waals surface area contributed by atoms with E-state index in [0.29, 0.717) is 5.56 Å². The van der Waals surface area contributed by atoms with Gasteiger partial charge in [0, 0.05) is 5.56 Å². The third kappa shape index (κ3) is 2.59. The lowest BCUT2D eigenvalue weighted by molar-refractivity contribution is -0.139. The number of rotatable bonds is 5. The fourth-order valence-corrected chi connectivity index (χ4v) is 2.15. The van der Waals surface area contributed by atoms with Gasteiger partial charge in [-0.2, -0.15) is 0 Å². The van der Waals surface area contributed by atoms with Crippen LogP contribution in [0.4, 0.5) is 0 Å². The summed E-state index contributed by atoms with van der Waals surface area (Å²) < 4.78 is 0. The van der Waals surface area contributed by atoms with E-state index in [-0.39, 0.29) is 12.1 Å². The van der Waals surface area contributed by atoms with Crippen LogP contribution in [0, 0.1) is 11.3 Å². The molecule has 0 aliphatic rings. The van der Waals surface area contributed by atoms with Gasteiger partial charge in [0.2, 0.25) is 5.78 Å². The number of ketones is 1. The largest absolute Gasteiger partial charge is 0.481 e. The lowest BCUT2D eigenvalue weighted by Crippen LogP contribution is -2.29. The number of carbonyl (C=O) groups excluding carboxylic acids is 1. The first-order chi connectivity index (χ1) is 9.54. The molecule has 20 heavy (non-hydrogen) atoms. The summed E-state index contributed by atoms with van der Waals surface area (Å²) in [6.45, 7) is 1.65. The van der Waals surface area contributed by atoms with Crippen LogP contribution in [0.15, 0.2) is 42.5 Å².